The average Bonchev–Trinajstić information content (AvgIpc) is 2.45. The van der Waals surface area contributed by atoms with Crippen molar-refractivity contribution >= 4 is 27.6 Å². The van der Waals surface area contributed by atoms with E-state index in [1.54, 1.807) is 6.33 Å². The summed E-state index contributed by atoms with van der Waals surface area (Å²) in [6.45, 7) is 6.33. The van der Waals surface area contributed by atoms with Gasteiger partial charge in [0.15, 0.2) is 0 Å². The Morgan fingerprint density at radius 2 is 1.90 bits per heavy atom. The molecule has 2 N–H and O–H groups in total. The van der Waals surface area contributed by atoms with E-state index in [0.717, 1.165) is 35.1 Å². The third-order valence-electron chi connectivity index (χ3n) is 3.82. The van der Waals surface area contributed by atoms with Gasteiger partial charge in [0.25, 0.3) is 0 Å². The highest BCUT2D eigenvalue weighted by atomic mass is 79.9. The van der Waals surface area contributed by atoms with Crippen LogP contribution in [0.15, 0.2) is 10.8 Å². The van der Waals surface area contributed by atoms with Gasteiger partial charge in [-0.1, -0.05) is 0 Å². The summed E-state index contributed by atoms with van der Waals surface area (Å²) in [6.07, 6.45) is 5.43. The number of nitrogens with zero attached hydrogens (tertiary/aromatic N) is 3. The van der Waals surface area contributed by atoms with Crippen molar-refractivity contribution in [3.63, 3.8) is 0 Å². The summed E-state index contributed by atoms with van der Waals surface area (Å²) in [6, 6.07) is 0. The predicted octanol–water partition coefficient (Wildman–Crippen LogP) is 2.81. The zero-order chi connectivity index (χ0) is 14.4. The zero-order valence-electron chi connectivity index (χ0n) is 12.3. The second kappa shape index (κ2) is 7.78. The van der Waals surface area contributed by atoms with Crippen LogP contribution in [0.2, 0.25) is 0 Å². The first kappa shape index (κ1) is 15.5. The van der Waals surface area contributed by atoms with Crippen molar-refractivity contribution in [3.05, 3.63) is 10.8 Å². The van der Waals surface area contributed by atoms with E-state index in [1.165, 1.54) is 32.4 Å². The first-order chi connectivity index (χ1) is 9.70. The van der Waals surface area contributed by atoms with Crippen LogP contribution in [0.4, 0.5) is 11.6 Å². The van der Waals surface area contributed by atoms with E-state index in [2.05, 4.69) is 55.4 Å². The highest BCUT2D eigenvalue weighted by molar-refractivity contribution is 9.10. The molecule has 1 aliphatic rings. The Balaban J connectivity index is 1.80. The van der Waals surface area contributed by atoms with Crippen LogP contribution in [-0.2, 0) is 0 Å². The van der Waals surface area contributed by atoms with Crippen LogP contribution < -0.4 is 10.6 Å². The Morgan fingerprint density at radius 1 is 1.25 bits per heavy atom. The smallest absolute Gasteiger partial charge is 0.145 e. The maximum Gasteiger partial charge on any atom is 0.145 e. The lowest BCUT2D eigenvalue weighted by molar-refractivity contribution is 0.215. The monoisotopic (exact) mass is 341 g/mol. The molecule has 0 saturated carbocycles. The molecular formula is C14H24BrN5. The molecule has 0 aliphatic carbocycles. The maximum atomic E-state index is 4.30. The fourth-order valence-electron chi connectivity index (χ4n) is 2.53. The van der Waals surface area contributed by atoms with Crippen LogP contribution >= 0.6 is 15.9 Å². The topological polar surface area (TPSA) is 53.1 Å². The molecule has 5 nitrogen and oxygen atoms in total. The van der Waals surface area contributed by atoms with Gasteiger partial charge in [0.1, 0.15) is 22.4 Å². The van der Waals surface area contributed by atoms with Gasteiger partial charge in [-0.25, -0.2) is 9.97 Å². The van der Waals surface area contributed by atoms with Crippen molar-refractivity contribution in [2.45, 2.75) is 26.2 Å². The van der Waals surface area contributed by atoms with Crippen LogP contribution in [0.25, 0.3) is 0 Å². The predicted molar refractivity (Wildman–Crippen MR) is 87.2 cm³/mol. The van der Waals surface area contributed by atoms with Crippen molar-refractivity contribution in [2.24, 2.45) is 5.92 Å². The third kappa shape index (κ3) is 4.31. The number of hydrogen-bond donors (Lipinski definition) is 2. The molecule has 0 amide bonds. The Labute approximate surface area is 129 Å². The molecule has 1 fully saturated rings. The number of hydrogen-bond acceptors (Lipinski definition) is 5. The molecule has 2 rings (SSSR count). The Morgan fingerprint density at radius 3 is 2.55 bits per heavy atom. The number of anilines is 2. The van der Waals surface area contributed by atoms with E-state index < -0.39 is 0 Å². The maximum absolute atomic E-state index is 4.30. The molecule has 1 aromatic heterocycles. The standard InChI is InChI=1S/C14H24BrN5/c1-3-16-13-12(15)14(19-10-18-13)17-7-4-11-5-8-20(2)9-6-11/h10-11H,3-9H2,1-2H3,(H2,16,17,18,19). The van der Waals surface area contributed by atoms with Crippen LogP contribution in [0.3, 0.4) is 0 Å². The van der Waals surface area contributed by atoms with Gasteiger partial charge in [-0.05, 0) is 68.2 Å². The molecule has 0 atom stereocenters. The molecule has 112 valence electrons. The van der Waals surface area contributed by atoms with Gasteiger partial charge in [0, 0.05) is 13.1 Å². The lowest BCUT2D eigenvalue weighted by atomic mass is 9.94. The number of nitrogens with one attached hydrogen (secondary N) is 2. The number of likely N-dealkylation sites (tertiary alicyclic amines) is 1. The Kier molecular flexibility index (Phi) is 6.04. The van der Waals surface area contributed by atoms with Gasteiger partial charge in [-0.2, -0.15) is 0 Å². The van der Waals surface area contributed by atoms with Crippen molar-refractivity contribution in [1.82, 2.24) is 14.9 Å². The second-order valence-corrected chi connectivity index (χ2v) is 6.17. The minimum Gasteiger partial charge on any atom is -0.369 e. The number of piperidine rings is 1. The minimum absolute atomic E-state index is 0.840. The first-order valence-corrected chi connectivity index (χ1v) is 8.16. The van der Waals surface area contributed by atoms with E-state index in [9.17, 15) is 0 Å². The molecule has 0 bridgehead atoms. The average molecular weight is 342 g/mol. The molecule has 1 saturated heterocycles. The quantitative estimate of drug-likeness (QED) is 0.833. The van der Waals surface area contributed by atoms with Gasteiger partial charge >= 0.3 is 0 Å². The van der Waals surface area contributed by atoms with E-state index in [1.807, 2.05) is 0 Å². The molecular weight excluding hydrogens is 318 g/mol. The van der Waals surface area contributed by atoms with Crippen molar-refractivity contribution in [2.75, 3.05) is 43.9 Å². The van der Waals surface area contributed by atoms with Crippen LogP contribution in [-0.4, -0.2) is 48.1 Å². The SMILES string of the molecule is CCNc1ncnc(NCCC2CCN(C)CC2)c1Br. The highest BCUT2D eigenvalue weighted by Crippen LogP contribution is 2.27. The summed E-state index contributed by atoms with van der Waals surface area (Å²) >= 11 is 3.56. The summed E-state index contributed by atoms with van der Waals surface area (Å²) in [5.74, 6) is 2.57. The van der Waals surface area contributed by atoms with Gasteiger partial charge in [-0.15, -0.1) is 0 Å². The van der Waals surface area contributed by atoms with Gasteiger partial charge in [0.2, 0.25) is 0 Å². The highest BCUT2D eigenvalue weighted by Gasteiger charge is 2.16. The molecule has 0 radical (unpaired) electrons. The number of rotatable bonds is 6. The molecule has 2 heterocycles. The van der Waals surface area contributed by atoms with Crippen molar-refractivity contribution < 1.29 is 0 Å². The fraction of sp³-hybridized carbons (Fsp3) is 0.714. The Bertz CT molecular complexity index is 418. The molecule has 6 heteroatoms. The summed E-state index contributed by atoms with van der Waals surface area (Å²) in [5, 5.41) is 6.64. The first-order valence-electron chi connectivity index (χ1n) is 7.37. The zero-order valence-corrected chi connectivity index (χ0v) is 13.9. The van der Waals surface area contributed by atoms with Gasteiger partial charge < -0.3 is 15.5 Å². The second-order valence-electron chi connectivity index (χ2n) is 5.38. The van der Waals surface area contributed by atoms with E-state index in [-0.39, 0.29) is 0 Å². The summed E-state index contributed by atoms with van der Waals surface area (Å²) < 4.78 is 0.922. The molecule has 1 aromatic rings. The Hall–Kier alpha value is -0.880. The number of halogens is 1. The van der Waals surface area contributed by atoms with Crippen molar-refractivity contribution in [1.29, 1.82) is 0 Å². The summed E-state index contributed by atoms with van der Waals surface area (Å²) in [4.78, 5) is 10.9. The fourth-order valence-corrected chi connectivity index (χ4v) is 3.01. The normalized spacial score (nSPS) is 17.1. The van der Waals surface area contributed by atoms with E-state index >= 15 is 0 Å². The largest absolute Gasteiger partial charge is 0.369 e. The lowest BCUT2D eigenvalue weighted by Crippen LogP contribution is -2.30. The van der Waals surface area contributed by atoms with Crippen LogP contribution in [0, 0.1) is 5.92 Å². The lowest BCUT2D eigenvalue weighted by Gasteiger charge is -2.28. The van der Waals surface area contributed by atoms with E-state index in [0.29, 0.717) is 0 Å². The molecule has 0 unspecified atom stereocenters. The summed E-state index contributed by atoms with van der Waals surface area (Å²) in [5.41, 5.74) is 0. The minimum atomic E-state index is 0.840. The molecule has 0 spiro atoms. The van der Waals surface area contributed by atoms with E-state index in [4.69, 9.17) is 0 Å². The van der Waals surface area contributed by atoms with Gasteiger partial charge in [0.05, 0.1) is 0 Å². The summed E-state index contributed by atoms with van der Waals surface area (Å²) in [7, 11) is 2.20. The third-order valence-corrected chi connectivity index (χ3v) is 4.57. The van der Waals surface area contributed by atoms with Crippen molar-refractivity contribution in [3.8, 4) is 0 Å². The van der Waals surface area contributed by atoms with Crippen LogP contribution in [0.1, 0.15) is 26.2 Å². The molecule has 0 aromatic carbocycles. The molecule has 1 aliphatic heterocycles. The van der Waals surface area contributed by atoms with Crippen LogP contribution in [0.5, 0.6) is 0 Å². The molecule has 20 heavy (non-hydrogen) atoms. The number of aromatic nitrogens is 2. The van der Waals surface area contributed by atoms with Gasteiger partial charge in [-0.3, -0.25) is 0 Å².